The normalized spacial score (nSPS) is 21.3. The minimum absolute atomic E-state index is 0.0652. The molecular weight excluding hydrogens is 322 g/mol. The molecule has 0 aliphatic carbocycles. The van der Waals surface area contributed by atoms with Gasteiger partial charge in [0.1, 0.15) is 0 Å². The van der Waals surface area contributed by atoms with Gasteiger partial charge in [0, 0.05) is 17.5 Å². The number of carbonyl (C=O) groups is 3. The number of hydrogen-bond donors (Lipinski definition) is 2. The molecule has 6 heteroatoms. The van der Waals surface area contributed by atoms with Gasteiger partial charge in [-0.05, 0) is 11.6 Å². The van der Waals surface area contributed by atoms with E-state index in [2.05, 4.69) is 0 Å². The molecule has 1 amide bonds. The van der Waals surface area contributed by atoms with Gasteiger partial charge in [0.2, 0.25) is 0 Å². The van der Waals surface area contributed by atoms with Crippen molar-refractivity contribution in [3.05, 3.63) is 76.9 Å². The first-order valence-electron chi connectivity index (χ1n) is 7.68. The Balaban J connectivity index is 2.04. The lowest BCUT2D eigenvalue weighted by atomic mass is 9.84. The number of nitrogens with zero attached hydrogens (tertiary/aromatic N) is 1. The lowest BCUT2D eigenvalue weighted by Crippen LogP contribution is -2.49. The predicted molar refractivity (Wildman–Crippen MR) is 87.5 cm³/mol. The Bertz CT molecular complexity index is 963. The third-order valence-electron chi connectivity index (χ3n) is 4.80. The van der Waals surface area contributed by atoms with Crippen molar-refractivity contribution in [2.24, 2.45) is 0 Å². The highest BCUT2D eigenvalue weighted by Crippen LogP contribution is 2.53. The second-order valence-corrected chi connectivity index (χ2v) is 6.03. The quantitative estimate of drug-likeness (QED) is 0.897. The van der Waals surface area contributed by atoms with E-state index in [0.717, 1.165) is 4.90 Å². The van der Waals surface area contributed by atoms with Crippen LogP contribution in [0.25, 0.3) is 5.70 Å². The summed E-state index contributed by atoms with van der Waals surface area (Å²) in [5, 5.41) is 19.7. The van der Waals surface area contributed by atoms with Crippen LogP contribution < -0.4 is 0 Å². The van der Waals surface area contributed by atoms with Gasteiger partial charge in [-0.2, -0.15) is 0 Å². The number of carboxylic acid groups (broad SMARTS) is 2. The van der Waals surface area contributed by atoms with Crippen LogP contribution in [0.4, 0.5) is 0 Å². The zero-order valence-electron chi connectivity index (χ0n) is 13.0. The highest BCUT2D eigenvalue weighted by Gasteiger charge is 2.59. The van der Waals surface area contributed by atoms with Crippen molar-refractivity contribution in [2.45, 2.75) is 12.0 Å². The summed E-state index contributed by atoms with van der Waals surface area (Å²) in [6.07, 6.45) is -0.281. The molecule has 2 heterocycles. The van der Waals surface area contributed by atoms with Crippen molar-refractivity contribution in [1.29, 1.82) is 0 Å². The second kappa shape index (κ2) is 5.04. The maximum atomic E-state index is 13.0. The average Bonchev–Trinajstić information content (AvgIpc) is 3.12. The Morgan fingerprint density at radius 1 is 0.920 bits per heavy atom. The standard InChI is InChI=1S/C19H13NO5/c21-16-13-9-5-4-8-12(13)15-14(17(22)23)10-19(18(24)25,20(15)16)11-6-2-1-3-7-11/h1-9H,10H2,(H,22,23)(H,24,25). The Hall–Kier alpha value is -3.41. The Kier molecular flexibility index (Phi) is 3.05. The molecule has 2 aliphatic rings. The molecule has 6 nitrogen and oxygen atoms in total. The van der Waals surface area contributed by atoms with E-state index in [0.29, 0.717) is 16.7 Å². The van der Waals surface area contributed by atoms with Crippen LogP contribution in [0, 0.1) is 0 Å². The van der Waals surface area contributed by atoms with Gasteiger partial charge in [0.15, 0.2) is 5.54 Å². The molecule has 2 N–H and O–H groups in total. The maximum Gasteiger partial charge on any atom is 0.335 e. The number of rotatable bonds is 3. The van der Waals surface area contributed by atoms with E-state index in [4.69, 9.17) is 0 Å². The first-order valence-corrected chi connectivity index (χ1v) is 7.68. The fourth-order valence-electron chi connectivity index (χ4n) is 3.72. The predicted octanol–water partition coefficient (Wildman–Crippen LogP) is 2.32. The monoisotopic (exact) mass is 335 g/mol. The van der Waals surface area contributed by atoms with Crippen LogP contribution in [0.1, 0.15) is 27.9 Å². The number of carbonyl (C=O) groups excluding carboxylic acids is 1. The average molecular weight is 335 g/mol. The summed E-state index contributed by atoms with van der Waals surface area (Å²) in [6.45, 7) is 0. The van der Waals surface area contributed by atoms with E-state index in [1.807, 2.05) is 0 Å². The molecule has 25 heavy (non-hydrogen) atoms. The van der Waals surface area contributed by atoms with Gasteiger partial charge >= 0.3 is 11.9 Å². The number of aliphatic carboxylic acids is 2. The third-order valence-corrected chi connectivity index (χ3v) is 4.80. The summed E-state index contributed by atoms with van der Waals surface area (Å²) in [5.74, 6) is -2.97. The lowest BCUT2D eigenvalue weighted by Gasteiger charge is -2.34. The van der Waals surface area contributed by atoms with E-state index in [1.165, 1.54) is 0 Å². The molecule has 1 unspecified atom stereocenters. The molecule has 2 aromatic rings. The highest BCUT2D eigenvalue weighted by atomic mass is 16.4. The number of carboxylic acids is 2. The van der Waals surface area contributed by atoms with Crippen molar-refractivity contribution in [3.63, 3.8) is 0 Å². The van der Waals surface area contributed by atoms with Gasteiger partial charge in [0.05, 0.1) is 11.3 Å². The molecule has 0 saturated carbocycles. The van der Waals surface area contributed by atoms with Crippen molar-refractivity contribution < 1.29 is 24.6 Å². The van der Waals surface area contributed by atoms with Gasteiger partial charge in [-0.25, -0.2) is 9.59 Å². The molecule has 0 saturated heterocycles. The first kappa shape index (κ1) is 15.1. The van der Waals surface area contributed by atoms with Crippen LogP contribution in [0.2, 0.25) is 0 Å². The molecule has 2 aromatic carbocycles. The summed E-state index contributed by atoms with van der Waals surface area (Å²) in [5.41, 5.74) is -0.497. The molecule has 124 valence electrons. The smallest absolute Gasteiger partial charge is 0.335 e. The van der Waals surface area contributed by atoms with Gasteiger partial charge in [-0.3, -0.25) is 9.69 Å². The van der Waals surface area contributed by atoms with Gasteiger partial charge in [-0.1, -0.05) is 48.5 Å². The van der Waals surface area contributed by atoms with Crippen LogP contribution in [0.3, 0.4) is 0 Å². The van der Waals surface area contributed by atoms with E-state index in [9.17, 15) is 24.6 Å². The summed E-state index contributed by atoms with van der Waals surface area (Å²) in [6, 6.07) is 14.9. The van der Waals surface area contributed by atoms with E-state index in [-0.39, 0.29) is 17.7 Å². The Morgan fingerprint density at radius 2 is 1.52 bits per heavy atom. The number of fused-ring (bicyclic) bond motifs is 3. The minimum atomic E-state index is -1.76. The van der Waals surface area contributed by atoms with Gasteiger partial charge < -0.3 is 10.2 Å². The number of hydrogen-bond acceptors (Lipinski definition) is 3. The van der Waals surface area contributed by atoms with E-state index in [1.54, 1.807) is 54.6 Å². The van der Waals surface area contributed by atoms with Crippen LogP contribution >= 0.6 is 0 Å². The van der Waals surface area contributed by atoms with Crippen molar-refractivity contribution >= 4 is 23.5 Å². The van der Waals surface area contributed by atoms with Crippen LogP contribution in [-0.4, -0.2) is 33.0 Å². The first-order chi connectivity index (χ1) is 12.0. The summed E-state index contributed by atoms with van der Waals surface area (Å²) >= 11 is 0. The Labute approximate surface area is 142 Å². The molecule has 0 fully saturated rings. The highest BCUT2D eigenvalue weighted by molar-refractivity contribution is 6.17. The summed E-state index contributed by atoms with van der Waals surface area (Å²) in [4.78, 5) is 38.2. The van der Waals surface area contributed by atoms with Crippen LogP contribution in [-0.2, 0) is 15.1 Å². The fraction of sp³-hybridized carbons (Fsp3) is 0.105. The molecular formula is C19H13NO5. The molecule has 0 spiro atoms. The van der Waals surface area contributed by atoms with E-state index < -0.39 is 23.4 Å². The second-order valence-electron chi connectivity index (χ2n) is 6.03. The molecule has 2 aliphatic heterocycles. The van der Waals surface area contributed by atoms with Crippen molar-refractivity contribution in [1.82, 2.24) is 4.90 Å². The van der Waals surface area contributed by atoms with Crippen LogP contribution in [0.15, 0.2) is 60.2 Å². The number of amides is 1. The molecule has 0 radical (unpaired) electrons. The molecule has 0 aromatic heterocycles. The SMILES string of the molecule is O=C(O)C1=C2c3ccccc3C(=O)N2C(C(=O)O)(c2ccccc2)C1. The zero-order valence-corrected chi connectivity index (χ0v) is 13.0. The van der Waals surface area contributed by atoms with Crippen LogP contribution in [0.5, 0.6) is 0 Å². The van der Waals surface area contributed by atoms with Crippen molar-refractivity contribution in [2.75, 3.05) is 0 Å². The zero-order chi connectivity index (χ0) is 17.8. The van der Waals surface area contributed by atoms with Gasteiger partial charge in [-0.15, -0.1) is 0 Å². The summed E-state index contributed by atoms with van der Waals surface area (Å²) in [7, 11) is 0. The van der Waals surface area contributed by atoms with E-state index >= 15 is 0 Å². The van der Waals surface area contributed by atoms with Gasteiger partial charge in [0.25, 0.3) is 5.91 Å². The number of benzene rings is 2. The largest absolute Gasteiger partial charge is 0.479 e. The third kappa shape index (κ3) is 1.82. The maximum absolute atomic E-state index is 13.0. The molecule has 1 atom stereocenters. The summed E-state index contributed by atoms with van der Waals surface area (Å²) < 4.78 is 0. The topological polar surface area (TPSA) is 94.9 Å². The minimum Gasteiger partial charge on any atom is -0.479 e. The lowest BCUT2D eigenvalue weighted by molar-refractivity contribution is -0.148. The fourth-order valence-corrected chi connectivity index (χ4v) is 3.72. The van der Waals surface area contributed by atoms with Crippen molar-refractivity contribution in [3.8, 4) is 0 Å². The molecule has 0 bridgehead atoms. The Morgan fingerprint density at radius 3 is 2.12 bits per heavy atom. The molecule has 4 rings (SSSR count).